The molecule has 0 aromatic heterocycles. The molecule has 0 aromatic rings. The maximum Gasteiger partial charge on any atom is 0.408 e. The zero-order valence-corrected chi connectivity index (χ0v) is 14.8. The van der Waals surface area contributed by atoms with Gasteiger partial charge < -0.3 is 30.9 Å². The molecule has 0 rings (SSSR count). The summed E-state index contributed by atoms with van der Waals surface area (Å²) in [5.74, 6) is -1.14. The Hall–Kier alpha value is -1.87. The van der Waals surface area contributed by atoms with Crippen LogP contribution in [0.4, 0.5) is 4.79 Å². The van der Waals surface area contributed by atoms with Crippen LogP contribution in [-0.2, 0) is 19.1 Å². The number of ether oxygens (including phenoxy) is 2. The Bertz CT molecular complexity index is 422. The van der Waals surface area contributed by atoms with Crippen molar-refractivity contribution in [3.8, 4) is 0 Å². The van der Waals surface area contributed by atoms with E-state index in [0.717, 1.165) is 0 Å². The number of rotatable bonds is 9. The normalized spacial score (nSPS) is 13.6. The highest BCUT2D eigenvalue weighted by Crippen LogP contribution is 2.07. The number of aliphatic hydroxyl groups is 1. The monoisotopic (exact) mass is 347 g/mol. The van der Waals surface area contributed by atoms with Gasteiger partial charge in [-0.1, -0.05) is 0 Å². The zero-order valence-electron chi connectivity index (χ0n) is 14.8. The minimum absolute atomic E-state index is 0.134. The molecule has 24 heavy (non-hydrogen) atoms. The Kier molecular flexibility index (Phi) is 9.98. The number of nitrogens with two attached hydrogens (primary N) is 1. The third-order valence-electron chi connectivity index (χ3n) is 2.92. The first-order valence-electron chi connectivity index (χ1n) is 7.81. The van der Waals surface area contributed by atoms with Gasteiger partial charge in [-0.25, -0.2) is 9.59 Å². The molecule has 2 atom stereocenters. The van der Waals surface area contributed by atoms with Crippen LogP contribution < -0.4 is 16.4 Å². The van der Waals surface area contributed by atoms with Crippen molar-refractivity contribution in [1.82, 2.24) is 10.6 Å². The van der Waals surface area contributed by atoms with Crippen LogP contribution >= 0.6 is 0 Å². The van der Waals surface area contributed by atoms with Gasteiger partial charge in [-0.05, 0) is 40.0 Å². The SMILES string of the molecule is COC(=O)C(CCCC(O)CN)NC(=O)CNC(=O)OC(C)(C)C. The van der Waals surface area contributed by atoms with E-state index in [2.05, 4.69) is 15.4 Å². The van der Waals surface area contributed by atoms with Crippen molar-refractivity contribution in [3.63, 3.8) is 0 Å². The molecular weight excluding hydrogens is 318 g/mol. The smallest absolute Gasteiger partial charge is 0.408 e. The Labute approximate surface area is 142 Å². The first-order chi connectivity index (χ1) is 11.1. The average Bonchev–Trinajstić information content (AvgIpc) is 2.49. The molecule has 0 saturated heterocycles. The first-order valence-corrected chi connectivity index (χ1v) is 7.81. The van der Waals surface area contributed by atoms with Crippen LogP contribution in [0.25, 0.3) is 0 Å². The lowest BCUT2D eigenvalue weighted by atomic mass is 10.1. The van der Waals surface area contributed by atoms with Gasteiger partial charge in [0.25, 0.3) is 0 Å². The highest BCUT2D eigenvalue weighted by atomic mass is 16.6. The number of amides is 2. The van der Waals surface area contributed by atoms with Crippen molar-refractivity contribution < 1.29 is 29.0 Å². The summed E-state index contributed by atoms with van der Waals surface area (Å²) >= 11 is 0. The van der Waals surface area contributed by atoms with E-state index in [4.69, 9.17) is 10.5 Å². The molecule has 9 heteroatoms. The van der Waals surface area contributed by atoms with E-state index in [1.165, 1.54) is 7.11 Å². The number of hydrogen-bond acceptors (Lipinski definition) is 7. The van der Waals surface area contributed by atoms with Gasteiger partial charge in [-0.2, -0.15) is 0 Å². The highest BCUT2D eigenvalue weighted by molar-refractivity contribution is 5.87. The van der Waals surface area contributed by atoms with Crippen LogP contribution in [0.3, 0.4) is 0 Å². The molecule has 2 unspecified atom stereocenters. The van der Waals surface area contributed by atoms with Gasteiger partial charge in [-0.15, -0.1) is 0 Å². The molecule has 9 nitrogen and oxygen atoms in total. The number of esters is 1. The van der Waals surface area contributed by atoms with Crippen LogP contribution in [0.1, 0.15) is 40.0 Å². The van der Waals surface area contributed by atoms with Gasteiger partial charge in [0.1, 0.15) is 18.2 Å². The Balaban J connectivity index is 4.34. The molecule has 5 N–H and O–H groups in total. The van der Waals surface area contributed by atoms with Crippen molar-refractivity contribution in [1.29, 1.82) is 0 Å². The number of aliphatic hydroxyl groups excluding tert-OH is 1. The molecule has 0 aliphatic rings. The van der Waals surface area contributed by atoms with Crippen LogP contribution in [0.15, 0.2) is 0 Å². The van der Waals surface area contributed by atoms with Crippen LogP contribution in [-0.4, -0.2) is 61.0 Å². The lowest BCUT2D eigenvalue weighted by Crippen LogP contribution is -2.46. The van der Waals surface area contributed by atoms with Gasteiger partial charge in [-0.3, -0.25) is 4.79 Å². The molecule has 140 valence electrons. The minimum Gasteiger partial charge on any atom is -0.467 e. The standard InChI is InChI=1S/C15H29N3O6/c1-15(2,3)24-14(22)17-9-12(20)18-11(13(21)23-4)7-5-6-10(19)8-16/h10-11,19H,5-9,16H2,1-4H3,(H,17,22)(H,18,20). The molecule has 0 spiro atoms. The quantitative estimate of drug-likeness (QED) is 0.418. The van der Waals surface area contributed by atoms with Crippen molar-refractivity contribution in [3.05, 3.63) is 0 Å². The summed E-state index contributed by atoms with van der Waals surface area (Å²) < 4.78 is 9.64. The van der Waals surface area contributed by atoms with Gasteiger partial charge in [0.2, 0.25) is 5.91 Å². The topological polar surface area (TPSA) is 140 Å². The maximum atomic E-state index is 11.8. The number of hydrogen-bond donors (Lipinski definition) is 4. The Morgan fingerprint density at radius 3 is 2.33 bits per heavy atom. The third-order valence-corrected chi connectivity index (χ3v) is 2.92. The molecule has 0 fully saturated rings. The second-order valence-electron chi connectivity index (χ2n) is 6.32. The minimum atomic E-state index is -0.854. The predicted molar refractivity (Wildman–Crippen MR) is 87.1 cm³/mol. The molecule has 0 heterocycles. The second kappa shape index (κ2) is 10.8. The fourth-order valence-electron chi connectivity index (χ4n) is 1.78. The predicted octanol–water partition coefficient (Wildman–Crippen LogP) is -0.341. The van der Waals surface area contributed by atoms with E-state index in [1.54, 1.807) is 20.8 Å². The van der Waals surface area contributed by atoms with Crippen molar-refractivity contribution in [2.45, 2.75) is 57.8 Å². The van der Waals surface area contributed by atoms with Crippen molar-refractivity contribution in [2.75, 3.05) is 20.2 Å². The van der Waals surface area contributed by atoms with Gasteiger partial charge >= 0.3 is 12.1 Å². The van der Waals surface area contributed by atoms with Gasteiger partial charge in [0.15, 0.2) is 0 Å². The summed E-state index contributed by atoms with van der Waals surface area (Å²) in [6.07, 6.45) is -0.179. The zero-order chi connectivity index (χ0) is 18.8. The lowest BCUT2D eigenvalue weighted by molar-refractivity contribution is -0.145. The maximum absolute atomic E-state index is 11.8. The summed E-state index contributed by atoms with van der Waals surface area (Å²) in [4.78, 5) is 35.0. The Morgan fingerprint density at radius 1 is 1.21 bits per heavy atom. The number of alkyl carbamates (subject to hydrolysis) is 1. The van der Waals surface area contributed by atoms with E-state index < -0.39 is 35.7 Å². The average molecular weight is 347 g/mol. The number of carbonyl (C=O) groups excluding carboxylic acids is 3. The van der Waals surface area contributed by atoms with E-state index >= 15 is 0 Å². The fourth-order valence-corrected chi connectivity index (χ4v) is 1.78. The van der Waals surface area contributed by atoms with Crippen molar-refractivity contribution >= 4 is 18.0 Å². The van der Waals surface area contributed by atoms with Crippen molar-refractivity contribution in [2.24, 2.45) is 5.73 Å². The first kappa shape index (κ1) is 22.1. The molecule has 0 radical (unpaired) electrons. The van der Waals surface area contributed by atoms with Gasteiger partial charge in [0.05, 0.1) is 13.2 Å². The molecule has 0 aromatic carbocycles. The fraction of sp³-hybridized carbons (Fsp3) is 0.800. The number of nitrogens with one attached hydrogen (secondary N) is 2. The lowest BCUT2D eigenvalue weighted by Gasteiger charge is -2.20. The number of methoxy groups -OCH3 is 1. The second-order valence-corrected chi connectivity index (χ2v) is 6.32. The van der Waals surface area contributed by atoms with Gasteiger partial charge in [0, 0.05) is 6.54 Å². The van der Waals surface area contributed by atoms with E-state index in [1.807, 2.05) is 0 Å². The third kappa shape index (κ3) is 10.8. The summed E-state index contributed by atoms with van der Waals surface area (Å²) in [6, 6.07) is -0.854. The molecule has 0 bridgehead atoms. The van der Waals surface area contributed by atoms with E-state index in [0.29, 0.717) is 19.3 Å². The summed E-state index contributed by atoms with van der Waals surface area (Å²) in [5.41, 5.74) is 4.64. The van der Waals surface area contributed by atoms with E-state index in [9.17, 15) is 19.5 Å². The summed E-state index contributed by atoms with van der Waals surface area (Å²) in [7, 11) is 1.22. The Morgan fingerprint density at radius 2 is 1.83 bits per heavy atom. The summed E-state index contributed by atoms with van der Waals surface area (Å²) in [6.45, 7) is 4.92. The number of carbonyl (C=O) groups is 3. The van der Waals surface area contributed by atoms with Crippen LogP contribution in [0.2, 0.25) is 0 Å². The molecule has 0 aliphatic heterocycles. The van der Waals surface area contributed by atoms with E-state index in [-0.39, 0.29) is 13.1 Å². The van der Waals surface area contributed by atoms with Crippen LogP contribution in [0, 0.1) is 0 Å². The molecule has 0 aliphatic carbocycles. The molecular formula is C15H29N3O6. The molecule has 0 saturated carbocycles. The van der Waals surface area contributed by atoms with Crippen LogP contribution in [0.5, 0.6) is 0 Å². The molecule has 2 amide bonds. The largest absolute Gasteiger partial charge is 0.467 e. The highest BCUT2D eigenvalue weighted by Gasteiger charge is 2.22. The summed E-state index contributed by atoms with van der Waals surface area (Å²) in [5, 5.41) is 14.2.